The zero-order chi connectivity index (χ0) is 22.6. The highest BCUT2D eigenvalue weighted by Crippen LogP contribution is 2.36. The van der Waals surface area contributed by atoms with Crippen molar-refractivity contribution < 1.29 is 22.7 Å². The van der Waals surface area contributed by atoms with Gasteiger partial charge in [0, 0.05) is 29.5 Å². The first-order chi connectivity index (χ1) is 14.7. The number of nitrogens with one attached hydrogen (secondary N) is 2. The number of anilines is 2. The second kappa shape index (κ2) is 9.18. The van der Waals surface area contributed by atoms with Gasteiger partial charge in [-0.15, -0.1) is 0 Å². The molecule has 1 aliphatic carbocycles. The van der Waals surface area contributed by atoms with Gasteiger partial charge in [-0.1, -0.05) is 31.4 Å². The summed E-state index contributed by atoms with van der Waals surface area (Å²) in [6.45, 7) is 1.75. The molecule has 0 aromatic heterocycles. The van der Waals surface area contributed by atoms with Gasteiger partial charge in [0.1, 0.15) is 5.75 Å². The third kappa shape index (κ3) is 5.12. The zero-order valence-corrected chi connectivity index (χ0v) is 17.7. The van der Waals surface area contributed by atoms with Crippen molar-refractivity contribution in [2.45, 2.75) is 57.3 Å². The van der Waals surface area contributed by atoms with Gasteiger partial charge in [-0.2, -0.15) is 13.2 Å². The number of methoxy groups -OCH3 is 1. The Morgan fingerprint density at radius 1 is 1.16 bits per heavy atom. The maximum atomic E-state index is 13.5. The Morgan fingerprint density at radius 3 is 2.52 bits per heavy atom. The smallest absolute Gasteiger partial charge is 0.416 e. The number of nitrogens with two attached hydrogens (primary N) is 1. The van der Waals surface area contributed by atoms with Crippen molar-refractivity contribution in [3.05, 3.63) is 53.1 Å². The van der Waals surface area contributed by atoms with Crippen molar-refractivity contribution in [2.24, 2.45) is 0 Å². The van der Waals surface area contributed by atoms with Crippen LogP contribution >= 0.6 is 0 Å². The Kier molecular flexibility index (Phi) is 6.79. The fraction of sp³-hybridized carbons (Fsp3) is 0.435. The number of benzene rings is 2. The lowest BCUT2D eigenvalue weighted by molar-refractivity contribution is -0.138. The van der Waals surface area contributed by atoms with Gasteiger partial charge in [-0.05, 0) is 43.5 Å². The van der Waals surface area contributed by atoms with E-state index in [0.717, 1.165) is 30.9 Å². The first kappa shape index (κ1) is 22.9. The highest BCUT2D eigenvalue weighted by molar-refractivity contribution is 5.98. The van der Waals surface area contributed by atoms with Gasteiger partial charge in [0.2, 0.25) is 5.91 Å². The van der Waals surface area contributed by atoms with Crippen LogP contribution in [0.1, 0.15) is 48.8 Å². The molecule has 0 atom stereocenters. The number of amides is 1. The normalized spacial score (nSPS) is 16.0. The molecule has 0 saturated heterocycles. The zero-order valence-electron chi connectivity index (χ0n) is 17.7. The molecule has 4 N–H and O–H groups in total. The number of nitrogen functional groups attached to an aromatic ring is 1. The second-order valence-corrected chi connectivity index (χ2v) is 8.01. The topological polar surface area (TPSA) is 76.4 Å². The van der Waals surface area contributed by atoms with Crippen molar-refractivity contribution >= 4 is 17.3 Å². The highest BCUT2D eigenvalue weighted by Gasteiger charge is 2.40. The van der Waals surface area contributed by atoms with Crippen LogP contribution in [-0.4, -0.2) is 18.6 Å². The maximum absolute atomic E-state index is 13.5. The molecular formula is C23H28F3N3O2. The van der Waals surface area contributed by atoms with Gasteiger partial charge < -0.3 is 15.8 Å². The molecule has 1 amide bonds. The van der Waals surface area contributed by atoms with Crippen LogP contribution in [0.5, 0.6) is 5.75 Å². The van der Waals surface area contributed by atoms with Crippen molar-refractivity contribution in [3.63, 3.8) is 0 Å². The van der Waals surface area contributed by atoms with Gasteiger partial charge in [-0.3, -0.25) is 10.1 Å². The van der Waals surface area contributed by atoms with Crippen LogP contribution < -0.4 is 21.1 Å². The molecule has 0 unspecified atom stereocenters. The van der Waals surface area contributed by atoms with E-state index in [4.69, 9.17) is 10.5 Å². The third-order valence-electron chi connectivity index (χ3n) is 5.93. The lowest BCUT2D eigenvalue weighted by Crippen LogP contribution is -2.55. The number of aryl methyl sites for hydroxylation is 1. The highest BCUT2D eigenvalue weighted by atomic mass is 19.4. The molecule has 31 heavy (non-hydrogen) atoms. The molecule has 0 heterocycles. The van der Waals surface area contributed by atoms with Crippen LogP contribution in [0.15, 0.2) is 36.4 Å². The van der Waals surface area contributed by atoms with E-state index in [-0.39, 0.29) is 23.7 Å². The van der Waals surface area contributed by atoms with Gasteiger partial charge in [0.25, 0.3) is 0 Å². The number of hydrogen-bond acceptors (Lipinski definition) is 4. The first-order valence-electron chi connectivity index (χ1n) is 10.3. The van der Waals surface area contributed by atoms with Gasteiger partial charge in [-0.25, -0.2) is 0 Å². The number of hydrogen-bond donors (Lipinski definition) is 3. The minimum Gasteiger partial charge on any atom is -0.496 e. The minimum absolute atomic E-state index is 0.0373. The number of alkyl halides is 3. The molecule has 5 nitrogen and oxygen atoms in total. The lowest BCUT2D eigenvalue weighted by Gasteiger charge is -2.37. The lowest BCUT2D eigenvalue weighted by atomic mass is 9.80. The van der Waals surface area contributed by atoms with Crippen LogP contribution in [-0.2, 0) is 17.5 Å². The summed E-state index contributed by atoms with van der Waals surface area (Å²) in [7, 11) is 1.56. The van der Waals surface area contributed by atoms with E-state index in [1.54, 1.807) is 19.2 Å². The average Bonchev–Trinajstić information content (AvgIpc) is 2.74. The predicted molar refractivity (Wildman–Crippen MR) is 115 cm³/mol. The Morgan fingerprint density at radius 2 is 1.87 bits per heavy atom. The number of ether oxygens (including phenoxy) is 1. The molecule has 168 valence electrons. The van der Waals surface area contributed by atoms with Gasteiger partial charge in [0.05, 0.1) is 18.2 Å². The summed E-state index contributed by atoms with van der Waals surface area (Å²) in [5.74, 6) is 0.386. The van der Waals surface area contributed by atoms with Crippen LogP contribution in [0.4, 0.5) is 24.5 Å². The molecule has 1 saturated carbocycles. The van der Waals surface area contributed by atoms with E-state index in [9.17, 15) is 18.0 Å². The van der Waals surface area contributed by atoms with Crippen LogP contribution in [0, 0.1) is 6.92 Å². The van der Waals surface area contributed by atoms with Crippen LogP contribution in [0.2, 0.25) is 0 Å². The Hall–Kier alpha value is -2.74. The Bertz CT molecular complexity index is 938. The van der Waals surface area contributed by atoms with Crippen molar-refractivity contribution in [2.75, 3.05) is 18.2 Å². The predicted octanol–water partition coefficient (Wildman–Crippen LogP) is 5.04. The summed E-state index contributed by atoms with van der Waals surface area (Å²) < 4.78 is 45.7. The van der Waals surface area contributed by atoms with Gasteiger partial charge >= 0.3 is 6.18 Å². The van der Waals surface area contributed by atoms with Crippen LogP contribution in [0.25, 0.3) is 0 Å². The largest absolute Gasteiger partial charge is 0.496 e. The summed E-state index contributed by atoms with van der Waals surface area (Å²) in [6, 6.07) is 9.10. The molecule has 1 aliphatic rings. The van der Waals surface area contributed by atoms with Gasteiger partial charge in [0.15, 0.2) is 0 Å². The molecule has 8 heteroatoms. The molecule has 3 rings (SSSR count). The Balaban J connectivity index is 1.85. The molecule has 0 spiro atoms. The summed E-state index contributed by atoms with van der Waals surface area (Å²) in [5.41, 5.74) is 5.64. The van der Waals surface area contributed by atoms with E-state index in [1.165, 1.54) is 12.1 Å². The van der Waals surface area contributed by atoms with Crippen molar-refractivity contribution in [1.82, 2.24) is 5.32 Å². The summed E-state index contributed by atoms with van der Waals surface area (Å²) in [5, 5.41) is 6.06. The van der Waals surface area contributed by atoms with Crippen molar-refractivity contribution in [1.29, 1.82) is 0 Å². The fourth-order valence-electron chi connectivity index (χ4n) is 4.11. The molecule has 0 radical (unpaired) electrons. The molecular weight excluding hydrogens is 407 g/mol. The second-order valence-electron chi connectivity index (χ2n) is 8.01. The molecule has 2 aromatic rings. The quantitative estimate of drug-likeness (QED) is 0.556. The molecule has 1 fully saturated rings. The number of rotatable bonds is 6. The first-order valence-corrected chi connectivity index (χ1v) is 10.3. The summed E-state index contributed by atoms with van der Waals surface area (Å²) in [4.78, 5) is 13.3. The number of halogens is 3. The average molecular weight is 435 g/mol. The number of carbonyl (C=O) groups is 1. The van der Waals surface area contributed by atoms with E-state index in [2.05, 4.69) is 10.6 Å². The fourth-order valence-corrected chi connectivity index (χ4v) is 4.11. The maximum Gasteiger partial charge on any atom is 0.416 e. The third-order valence-corrected chi connectivity index (χ3v) is 5.93. The van der Waals surface area contributed by atoms with E-state index >= 15 is 0 Å². The molecule has 0 bridgehead atoms. The molecule has 0 aliphatic heterocycles. The van der Waals surface area contributed by atoms with Crippen LogP contribution in [0.3, 0.4) is 0 Å². The summed E-state index contributed by atoms with van der Waals surface area (Å²) in [6.07, 6.45) is -0.836. The monoisotopic (exact) mass is 435 g/mol. The molecule has 2 aromatic carbocycles. The number of carbonyl (C=O) groups excluding carboxylic acids is 1. The van der Waals surface area contributed by atoms with E-state index in [1.807, 2.05) is 13.0 Å². The Labute approximate surface area is 180 Å². The van der Waals surface area contributed by atoms with Crippen molar-refractivity contribution in [3.8, 4) is 5.75 Å². The minimum atomic E-state index is -4.52. The van der Waals surface area contributed by atoms with E-state index < -0.39 is 17.3 Å². The SMILES string of the molecule is COc1cc(NC(=O)C2(NCc3c(N)cccc3C(F)(F)F)CCCCC2)ccc1C. The standard InChI is InChI=1S/C23H28F3N3O2/c1-15-9-10-16(13-20(15)31-2)29-21(30)22(11-4-3-5-12-22)28-14-17-18(23(24,25)26)7-6-8-19(17)27/h6-10,13,28H,3-5,11-12,14,27H2,1-2H3,(H,29,30). The van der Waals surface area contributed by atoms with E-state index in [0.29, 0.717) is 24.3 Å². The summed E-state index contributed by atoms with van der Waals surface area (Å²) >= 11 is 0.